The lowest BCUT2D eigenvalue weighted by molar-refractivity contribution is -0.130. The molecule has 5 atom stereocenters. The Labute approximate surface area is 228 Å². The Morgan fingerprint density at radius 1 is 1.00 bits per heavy atom. The summed E-state index contributed by atoms with van der Waals surface area (Å²) in [6, 6.07) is 13.6. The summed E-state index contributed by atoms with van der Waals surface area (Å²) in [6.07, 6.45) is 1.60. The summed E-state index contributed by atoms with van der Waals surface area (Å²) in [7, 11) is 0. The first kappa shape index (κ1) is 26.1. The van der Waals surface area contributed by atoms with Crippen LogP contribution in [0.25, 0.3) is 0 Å². The van der Waals surface area contributed by atoms with Crippen LogP contribution in [0.2, 0.25) is 10.0 Å². The Bertz CT molecular complexity index is 1230. The SMILES string of the molecule is CC(=O)N1CCN(C(=O)c2ccc([C@@H]3CC[C@@]4(C)C(=O)N[C@H](C)[C@H]4[C@H]3c3ccc(Cl)cc3)c(Cl)c2)CC1. The molecule has 2 aromatic carbocycles. The molecular weight excluding hydrogens is 509 g/mol. The van der Waals surface area contributed by atoms with Gasteiger partial charge in [-0.05, 0) is 67.0 Å². The largest absolute Gasteiger partial charge is 0.353 e. The molecule has 6 nitrogen and oxygen atoms in total. The normalized spacial score (nSPS) is 29.6. The third kappa shape index (κ3) is 4.63. The van der Waals surface area contributed by atoms with Gasteiger partial charge < -0.3 is 15.1 Å². The summed E-state index contributed by atoms with van der Waals surface area (Å²) < 4.78 is 0. The predicted octanol–water partition coefficient (Wildman–Crippen LogP) is 5.10. The van der Waals surface area contributed by atoms with Gasteiger partial charge in [0.2, 0.25) is 11.8 Å². The van der Waals surface area contributed by atoms with Crippen LogP contribution < -0.4 is 5.32 Å². The fourth-order valence-electron chi connectivity index (χ4n) is 6.88. The molecule has 1 aliphatic carbocycles. The highest BCUT2D eigenvalue weighted by Gasteiger charge is 2.57. The molecule has 0 unspecified atom stereocenters. The van der Waals surface area contributed by atoms with Gasteiger partial charge in [-0.25, -0.2) is 0 Å². The van der Waals surface area contributed by atoms with Crippen LogP contribution in [-0.2, 0) is 9.59 Å². The van der Waals surface area contributed by atoms with Gasteiger partial charge in [-0.2, -0.15) is 0 Å². The van der Waals surface area contributed by atoms with E-state index in [1.807, 2.05) is 24.3 Å². The van der Waals surface area contributed by atoms with Crippen LogP contribution in [-0.4, -0.2) is 59.7 Å². The number of carbonyl (C=O) groups excluding carboxylic acids is 3. The van der Waals surface area contributed by atoms with E-state index >= 15 is 0 Å². The molecule has 2 aliphatic heterocycles. The third-order valence-corrected chi connectivity index (χ3v) is 9.44. The lowest BCUT2D eigenvalue weighted by Gasteiger charge is -2.46. The first-order valence-corrected chi connectivity index (χ1v) is 13.8. The van der Waals surface area contributed by atoms with E-state index in [0.717, 1.165) is 24.0 Å². The number of fused-ring (bicyclic) bond motifs is 1. The molecule has 0 radical (unpaired) electrons. The van der Waals surface area contributed by atoms with Crippen molar-refractivity contribution >= 4 is 40.9 Å². The van der Waals surface area contributed by atoms with Gasteiger partial charge in [0, 0.05) is 60.7 Å². The van der Waals surface area contributed by atoms with Gasteiger partial charge in [-0.1, -0.05) is 48.3 Å². The number of carbonyl (C=O) groups is 3. The monoisotopic (exact) mass is 541 g/mol. The van der Waals surface area contributed by atoms with Crippen molar-refractivity contribution in [1.29, 1.82) is 0 Å². The second-order valence-corrected chi connectivity index (χ2v) is 11.8. The number of hydrogen-bond donors (Lipinski definition) is 1. The van der Waals surface area contributed by atoms with Crippen LogP contribution in [0.3, 0.4) is 0 Å². The average molecular weight is 543 g/mol. The summed E-state index contributed by atoms with van der Waals surface area (Å²) in [6.45, 7) is 7.85. The fraction of sp³-hybridized carbons (Fsp3) is 0.483. The second kappa shape index (κ2) is 9.95. The van der Waals surface area contributed by atoms with Gasteiger partial charge >= 0.3 is 0 Å². The third-order valence-electron chi connectivity index (χ3n) is 8.86. The Hall–Kier alpha value is -2.57. The zero-order valence-electron chi connectivity index (χ0n) is 21.5. The number of halogens is 2. The topological polar surface area (TPSA) is 69.7 Å². The van der Waals surface area contributed by atoms with Crippen molar-refractivity contribution < 1.29 is 14.4 Å². The first-order valence-electron chi connectivity index (χ1n) is 13.0. The second-order valence-electron chi connectivity index (χ2n) is 11.0. The quantitative estimate of drug-likeness (QED) is 0.587. The highest BCUT2D eigenvalue weighted by atomic mass is 35.5. The molecule has 3 fully saturated rings. The van der Waals surface area contributed by atoms with Crippen LogP contribution in [0.15, 0.2) is 42.5 Å². The zero-order chi connectivity index (χ0) is 26.5. The van der Waals surface area contributed by atoms with Crippen LogP contribution in [0.5, 0.6) is 0 Å². The number of piperazine rings is 1. The lowest BCUT2D eigenvalue weighted by Crippen LogP contribution is -2.50. The van der Waals surface area contributed by atoms with Crippen molar-refractivity contribution in [1.82, 2.24) is 15.1 Å². The van der Waals surface area contributed by atoms with E-state index in [1.54, 1.807) is 22.8 Å². The minimum absolute atomic E-state index is 0.0341. The highest BCUT2D eigenvalue weighted by Crippen LogP contribution is 2.59. The molecule has 1 saturated carbocycles. The Kier molecular flexibility index (Phi) is 7.01. The Balaban J connectivity index is 1.45. The number of rotatable bonds is 3. The smallest absolute Gasteiger partial charge is 0.254 e. The van der Waals surface area contributed by atoms with Gasteiger partial charge in [0.1, 0.15) is 0 Å². The molecule has 5 rings (SSSR count). The summed E-state index contributed by atoms with van der Waals surface area (Å²) in [4.78, 5) is 41.4. The molecule has 196 valence electrons. The van der Waals surface area contributed by atoms with E-state index in [9.17, 15) is 14.4 Å². The van der Waals surface area contributed by atoms with Crippen LogP contribution in [0.4, 0.5) is 0 Å². The van der Waals surface area contributed by atoms with Gasteiger partial charge in [-0.15, -0.1) is 0 Å². The summed E-state index contributed by atoms with van der Waals surface area (Å²) >= 11 is 13.1. The minimum atomic E-state index is -0.440. The van der Waals surface area contributed by atoms with E-state index in [-0.39, 0.29) is 41.5 Å². The first-order chi connectivity index (χ1) is 17.6. The van der Waals surface area contributed by atoms with Crippen LogP contribution in [0.1, 0.15) is 66.9 Å². The summed E-state index contributed by atoms with van der Waals surface area (Å²) in [5.41, 5.74) is 2.27. The standard InChI is InChI=1S/C29H33Cl2N3O3/c1-17-26-25(19-4-7-21(30)8-5-19)23(10-11-29(26,3)28(37)32-17)22-9-6-20(16-24(22)31)27(36)34-14-12-33(13-15-34)18(2)35/h4-9,16-17,23,25-26H,10-15H2,1-3H3,(H,32,37)/t17-,23+,25+,26+,29-/m1/s1. The molecule has 2 aromatic rings. The van der Waals surface area contributed by atoms with Gasteiger partial charge in [0.25, 0.3) is 5.91 Å². The number of amides is 3. The molecular formula is C29H33Cl2N3O3. The average Bonchev–Trinajstić information content (AvgIpc) is 3.11. The molecule has 0 aromatic heterocycles. The lowest BCUT2D eigenvalue weighted by atomic mass is 9.56. The van der Waals surface area contributed by atoms with Crippen LogP contribution >= 0.6 is 23.2 Å². The van der Waals surface area contributed by atoms with E-state index in [4.69, 9.17) is 23.2 Å². The Morgan fingerprint density at radius 2 is 1.65 bits per heavy atom. The van der Waals surface area contributed by atoms with Crippen molar-refractivity contribution in [2.45, 2.75) is 51.5 Å². The molecule has 0 bridgehead atoms. The molecule has 2 saturated heterocycles. The number of nitrogens with one attached hydrogen (secondary N) is 1. The number of benzene rings is 2. The molecule has 0 spiro atoms. The van der Waals surface area contributed by atoms with E-state index < -0.39 is 5.41 Å². The molecule has 3 amide bonds. The minimum Gasteiger partial charge on any atom is -0.353 e. The number of hydrogen-bond acceptors (Lipinski definition) is 3. The van der Waals surface area contributed by atoms with Crippen molar-refractivity contribution in [3.05, 3.63) is 69.2 Å². The highest BCUT2D eigenvalue weighted by molar-refractivity contribution is 6.32. The zero-order valence-corrected chi connectivity index (χ0v) is 23.0. The van der Waals surface area contributed by atoms with Gasteiger partial charge in [0.05, 0.1) is 5.41 Å². The van der Waals surface area contributed by atoms with Crippen molar-refractivity contribution in [2.75, 3.05) is 26.2 Å². The van der Waals surface area contributed by atoms with E-state index in [1.165, 1.54) is 0 Å². The molecule has 3 aliphatic rings. The summed E-state index contributed by atoms with van der Waals surface area (Å²) in [5, 5.41) is 4.45. The molecule has 1 N–H and O–H groups in total. The van der Waals surface area contributed by atoms with E-state index in [0.29, 0.717) is 41.8 Å². The molecule has 37 heavy (non-hydrogen) atoms. The van der Waals surface area contributed by atoms with Gasteiger partial charge in [0.15, 0.2) is 0 Å². The number of nitrogens with zero attached hydrogens (tertiary/aromatic N) is 2. The molecule has 2 heterocycles. The van der Waals surface area contributed by atoms with Crippen molar-refractivity contribution in [3.8, 4) is 0 Å². The van der Waals surface area contributed by atoms with E-state index in [2.05, 4.69) is 31.3 Å². The Morgan fingerprint density at radius 3 is 2.27 bits per heavy atom. The van der Waals surface area contributed by atoms with Crippen molar-refractivity contribution in [2.24, 2.45) is 11.3 Å². The summed E-state index contributed by atoms with van der Waals surface area (Å²) in [5.74, 6) is 0.371. The maximum absolute atomic E-state index is 13.2. The fourth-order valence-corrected chi connectivity index (χ4v) is 7.33. The maximum Gasteiger partial charge on any atom is 0.254 e. The van der Waals surface area contributed by atoms with Crippen molar-refractivity contribution in [3.63, 3.8) is 0 Å². The maximum atomic E-state index is 13.2. The van der Waals surface area contributed by atoms with Crippen LogP contribution in [0, 0.1) is 11.3 Å². The molecule has 8 heteroatoms. The van der Waals surface area contributed by atoms with Gasteiger partial charge in [-0.3, -0.25) is 14.4 Å². The predicted molar refractivity (Wildman–Crippen MR) is 145 cm³/mol.